The fourth-order valence-electron chi connectivity index (χ4n) is 0.942. The van der Waals surface area contributed by atoms with E-state index >= 15 is 0 Å². The van der Waals surface area contributed by atoms with Crippen molar-refractivity contribution in [2.45, 2.75) is 6.42 Å². The zero-order valence-corrected chi connectivity index (χ0v) is 8.51. The van der Waals surface area contributed by atoms with E-state index in [2.05, 4.69) is 15.9 Å². The molecule has 0 saturated carbocycles. The average molecular weight is 228 g/mol. The number of carbonyl (C=O) groups excluding carboxylic acids is 1. The summed E-state index contributed by atoms with van der Waals surface area (Å²) in [5.41, 5.74) is 5.48. The van der Waals surface area contributed by atoms with Gasteiger partial charge in [-0.15, -0.1) is 0 Å². The molecule has 6 heteroatoms. The Morgan fingerprint density at radius 2 is 2.13 bits per heavy atom. The number of rotatable bonds is 5. The quantitative estimate of drug-likeness (QED) is 0.339. The van der Waals surface area contributed by atoms with Crippen molar-refractivity contribution in [3.8, 4) is 0 Å². The summed E-state index contributed by atoms with van der Waals surface area (Å²) in [4.78, 5) is 14.4. The summed E-state index contributed by atoms with van der Waals surface area (Å²) in [6.07, 6.45) is 0.435. The topological polar surface area (TPSA) is 50.4 Å². The van der Waals surface area contributed by atoms with Gasteiger partial charge in [-0.3, -0.25) is 10.2 Å². The van der Waals surface area contributed by atoms with Gasteiger partial charge in [-0.2, -0.15) is 0 Å². The minimum atomic E-state index is -0.292. The van der Waals surface area contributed by atoms with Crippen LogP contribution in [-0.4, -0.2) is 11.5 Å². The molecule has 0 aliphatic heterocycles. The van der Waals surface area contributed by atoms with Crippen LogP contribution < -0.4 is 11.0 Å². The van der Waals surface area contributed by atoms with Crippen LogP contribution in [0.2, 0.25) is 0 Å². The SMILES string of the molecule is O=CONNC(=S)Cc1ccc(F)cc1. The van der Waals surface area contributed by atoms with Crippen LogP contribution in [0.5, 0.6) is 0 Å². The van der Waals surface area contributed by atoms with Gasteiger partial charge in [0.05, 0.1) is 4.99 Å². The molecule has 0 aromatic heterocycles. The number of benzene rings is 1. The van der Waals surface area contributed by atoms with Crippen molar-refractivity contribution < 1.29 is 14.0 Å². The summed E-state index contributed by atoms with van der Waals surface area (Å²) in [6.45, 7) is 0.230. The second-order valence-electron chi connectivity index (χ2n) is 2.67. The number of thiocarbonyl (C=S) groups is 1. The predicted octanol–water partition coefficient (Wildman–Crippen LogP) is 0.878. The molecule has 0 spiro atoms. The van der Waals surface area contributed by atoms with Gasteiger partial charge in [0, 0.05) is 6.42 Å². The molecule has 80 valence electrons. The Morgan fingerprint density at radius 3 is 2.73 bits per heavy atom. The van der Waals surface area contributed by atoms with E-state index in [1.54, 1.807) is 12.1 Å². The summed E-state index contributed by atoms with van der Waals surface area (Å²) in [7, 11) is 0. The van der Waals surface area contributed by atoms with Gasteiger partial charge in [-0.05, 0) is 17.7 Å². The Balaban J connectivity index is 2.37. The molecular weight excluding hydrogens is 219 g/mol. The lowest BCUT2D eigenvalue weighted by atomic mass is 10.1. The van der Waals surface area contributed by atoms with E-state index in [0.29, 0.717) is 11.4 Å². The zero-order chi connectivity index (χ0) is 11.1. The van der Waals surface area contributed by atoms with Crippen LogP contribution in [0.4, 0.5) is 4.39 Å². The molecule has 0 heterocycles. The van der Waals surface area contributed by atoms with E-state index in [4.69, 9.17) is 12.2 Å². The molecule has 1 aromatic carbocycles. The molecule has 0 saturated heterocycles. The van der Waals surface area contributed by atoms with Gasteiger partial charge in [-0.1, -0.05) is 29.9 Å². The van der Waals surface area contributed by atoms with Crippen LogP contribution in [0.25, 0.3) is 0 Å². The van der Waals surface area contributed by atoms with Crippen LogP contribution >= 0.6 is 12.2 Å². The van der Waals surface area contributed by atoms with Crippen LogP contribution in [0.1, 0.15) is 5.56 Å². The number of hydrogen-bond donors (Lipinski definition) is 2. The Kier molecular flexibility index (Phi) is 4.65. The molecule has 0 aliphatic rings. The van der Waals surface area contributed by atoms with Gasteiger partial charge in [0.2, 0.25) is 0 Å². The summed E-state index contributed by atoms with van der Waals surface area (Å²) in [5, 5.41) is 0. The third-order valence-electron chi connectivity index (χ3n) is 1.58. The van der Waals surface area contributed by atoms with Crippen molar-refractivity contribution in [1.82, 2.24) is 11.0 Å². The summed E-state index contributed by atoms with van der Waals surface area (Å²) >= 11 is 4.92. The number of hydrogen-bond acceptors (Lipinski definition) is 4. The number of halogens is 1. The van der Waals surface area contributed by atoms with Crippen molar-refractivity contribution in [3.63, 3.8) is 0 Å². The molecule has 0 radical (unpaired) electrons. The molecule has 0 fully saturated rings. The van der Waals surface area contributed by atoms with Gasteiger partial charge in [0.25, 0.3) is 0 Å². The summed E-state index contributed by atoms with van der Waals surface area (Å²) in [6, 6.07) is 5.97. The van der Waals surface area contributed by atoms with E-state index < -0.39 is 0 Å². The number of nitrogens with one attached hydrogen (secondary N) is 2. The lowest BCUT2D eigenvalue weighted by Crippen LogP contribution is -2.36. The maximum atomic E-state index is 12.6. The second-order valence-corrected chi connectivity index (χ2v) is 3.16. The van der Waals surface area contributed by atoms with Crippen molar-refractivity contribution >= 4 is 23.7 Å². The third kappa shape index (κ3) is 4.48. The Labute approximate surface area is 91.3 Å². The first-order chi connectivity index (χ1) is 7.22. The Morgan fingerprint density at radius 1 is 1.47 bits per heavy atom. The molecule has 0 bridgehead atoms. The van der Waals surface area contributed by atoms with Crippen LogP contribution in [0, 0.1) is 5.82 Å². The highest BCUT2D eigenvalue weighted by molar-refractivity contribution is 7.80. The van der Waals surface area contributed by atoms with E-state index in [0.717, 1.165) is 5.56 Å². The largest absolute Gasteiger partial charge is 0.354 e. The van der Waals surface area contributed by atoms with Gasteiger partial charge >= 0.3 is 6.47 Å². The molecule has 1 aromatic rings. The molecular formula is C9H9FN2O2S. The summed E-state index contributed by atoms with van der Waals surface area (Å²) in [5.74, 6) is -0.292. The zero-order valence-electron chi connectivity index (χ0n) is 7.70. The molecule has 4 nitrogen and oxygen atoms in total. The molecule has 15 heavy (non-hydrogen) atoms. The second kappa shape index (κ2) is 6.05. The van der Waals surface area contributed by atoms with E-state index in [9.17, 15) is 9.18 Å². The third-order valence-corrected chi connectivity index (χ3v) is 1.82. The highest BCUT2D eigenvalue weighted by Crippen LogP contribution is 2.03. The van der Waals surface area contributed by atoms with Crippen LogP contribution in [0.3, 0.4) is 0 Å². The molecule has 2 N–H and O–H groups in total. The van der Waals surface area contributed by atoms with Crippen molar-refractivity contribution in [2.24, 2.45) is 0 Å². The minimum absolute atomic E-state index is 0.230. The fourth-order valence-corrected chi connectivity index (χ4v) is 1.15. The van der Waals surface area contributed by atoms with Crippen molar-refractivity contribution in [1.29, 1.82) is 0 Å². The van der Waals surface area contributed by atoms with Crippen molar-refractivity contribution in [2.75, 3.05) is 0 Å². The van der Waals surface area contributed by atoms with Gasteiger partial charge < -0.3 is 4.84 Å². The normalized spacial score (nSPS) is 9.40. The maximum Gasteiger partial charge on any atom is 0.315 e. The van der Waals surface area contributed by atoms with Crippen molar-refractivity contribution in [3.05, 3.63) is 35.6 Å². The van der Waals surface area contributed by atoms with Crippen LogP contribution in [0.15, 0.2) is 24.3 Å². The molecule has 0 aliphatic carbocycles. The predicted molar refractivity (Wildman–Crippen MR) is 56.1 cm³/mol. The standard InChI is InChI=1S/C9H9FN2O2S/c10-8-3-1-7(2-4-8)5-9(15)11-12-14-6-13/h1-4,6,12H,5H2,(H,11,15). The Bertz CT molecular complexity index is 342. The number of hydrazine groups is 1. The number of carbonyl (C=O) groups is 1. The minimum Gasteiger partial charge on any atom is -0.354 e. The smallest absolute Gasteiger partial charge is 0.315 e. The highest BCUT2D eigenvalue weighted by Gasteiger charge is 1.98. The average Bonchev–Trinajstić information content (AvgIpc) is 2.22. The summed E-state index contributed by atoms with van der Waals surface area (Å²) < 4.78 is 12.6. The maximum absolute atomic E-state index is 12.6. The first-order valence-electron chi connectivity index (χ1n) is 4.10. The Hall–Kier alpha value is -1.53. The van der Waals surface area contributed by atoms with Crippen LogP contribution in [-0.2, 0) is 16.1 Å². The van der Waals surface area contributed by atoms with E-state index in [1.807, 2.05) is 0 Å². The first kappa shape index (κ1) is 11.5. The molecule has 0 unspecified atom stereocenters. The first-order valence-corrected chi connectivity index (χ1v) is 4.51. The molecule has 0 atom stereocenters. The van der Waals surface area contributed by atoms with E-state index in [1.165, 1.54) is 12.1 Å². The lowest BCUT2D eigenvalue weighted by Gasteiger charge is -2.06. The highest BCUT2D eigenvalue weighted by atomic mass is 32.1. The van der Waals surface area contributed by atoms with E-state index in [-0.39, 0.29) is 12.3 Å². The van der Waals surface area contributed by atoms with Gasteiger partial charge in [0.15, 0.2) is 0 Å². The molecule has 0 amide bonds. The monoisotopic (exact) mass is 228 g/mol. The molecule has 1 rings (SSSR count). The fraction of sp³-hybridized carbons (Fsp3) is 0.111. The van der Waals surface area contributed by atoms with Gasteiger partial charge in [0.1, 0.15) is 5.82 Å². The lowest BCUT2D eigenvalue weighted by molar-refractivity contribution is -0.136. The van der Waals surface area contributed by atoms with Gasteiger partial charge in [-0.25, -0.2) is 4.39 Å².